The minimum absolute atomic E-state index is 0.189. The van der Waals surface area contributed by atoms with E-state index >= 15 is 0 Å². The van der Waals surface area contributed by atoms with Gasteiger partial charge in [0, 0.05) is 17.1 Å². The van der Waals surface area contributed by atoms with Gasteiger partial charge in [-0.25, -0.2) is 4.79 Å². The Bertz CT molecular complexity index is 585. The maximum absolute atomic E-state index is 11.9. The first-order chi connectivity index (χ1) is 11.1. The Morgan fingerprint density at radius 1 is 1.30 bits per heavy atom. The van der Waals surface area contributed by atoms with E-state index in [2.05, 4.69) is 12.2 Å². The summed E-state index contributed by atoms with van der Waals surface area (Å²) in [6, 6.07) is 7.37. The van der Waals surface area contributed by atoms with Crippen molar-refractivity contribution in [1.29, 1.82) is 0 Å². The van der Waals surface area contributed by atoms with Crippen LogP contribution in [0.2, 0.25) is 5.02 Å². The highest BCUT2D eigenvalue weighted by atomic mass is 35.5. The Morgan fingerprint density at radius 2 is 2.04 bits per heavy atom. The third kappa shape index (κ3) is 5.71. The van der Waals surface area contributed by atoms with E-state index in [1.807, 2.05) is 12.1 Å². The van der Waals surface area contributed by atoms with Gasteiger partial charge in [-0.1, -0.05) is 49.6 Å². The highest BCUT2D eigenvalue weighted by Gasteiger charge is 2.22. The molecule has 1 aromatic carbocycles. The number of halogens is 1. The predicted molar refractivity (Wildman–Crippen MR) is 91.0 cm³/mol. The largest absolute Gasteiger partial charge is 0.452 e. The summed E-state index contributed by atoms with van der Waals surface area (Å²) >= 11 is 5.99. The van der Waals surface area contributed by atoms with Gasteiger partial charge in [0.1, 0.15) is 0 Å². The van der Waals surface area contributed by atoms with Gasteiger partial charge in [-0.3, -0.25) is 4.79 Å². The van der Waals surface area contributed by atoms with E-state index in [0.717, 1.165) is 24.8 Å². The Labute approximate surface area is 141 Å². The van der Waals surface area contributed by atoms with E-state index in [1.165, 1.54) is 12.5 Å². The van der Waals surface area contributed by atoms with Crippen molar-refractivity contribution in [3.05, 3.63) is 40.9 Å². The average molecular weight is 336 g/mol. The molecule has 2 rings (SSSR count). The van der Waals surface area contributed by atoms with Gasteiger partial charge in [0.15, 0.2) is 6.61 Å². The van der Waals surface area contributed by atoms with Crippen LogP contribution in [0.1, 0.15) is 38.2 Å². The van der Waals surface area contributed by atoms with Crippen LogP contribution in [-0.4, -0.2) is 24.5 Å². The number of amides is 1. The van der Waals surface area contributed by atoms with Gasteiger partial charge in [0.2, 0.25) is 0 Å². The molecule has 0 heterocycles. The molecule has 4 nitrogen and oxygen atoms in total. The third-order valence-corrected chi connectivity index (χ3v) is 4.45. The standard InChI is InChI=1S/C18H22ClNO3/c1-13-6-2-5-9-16(13)20-17(21)12-23-18(22)11-10-14-7-3-4-8-15(14)19/h3-4,7-8,10-11,13,16H,2,5-6,9,12H2,1H3,(H,20,21)/b11-10+/t13-,16+/m1/s1. The molecule has 0 aromatic heterocycles. The molecule has 0 aliphatic heterocycles. The van der Waals surface area contributed by atoms with Gasteiger partial charge in [-0.05, 0) is 36.5 Å². The first-order valence-electron chi connectivity index (χ1n) is 7.95. The molecule has 124 valence electrons. The highest BCUT2D eigenvalue weighted by Crippen LogP contribution is 2.23. The first-order valence-corrected chi connectivity index (χ1v) is 8.33. The van der Waals surface area contributed by atoms with E-state index in [9.17, 15) is 9.59 Å². The van der Waals surface area contributed by atoms with E-state index in [1.54, 1.807) is 18.2 Å². The molecule has 1 saturated carbocycles. The van der Waals surface area contributed by atoms with E-state index in [4.69, 9.17) is 16.3 Å². The van der Waals surface area contributed by atoms with Crippen LogP contribution in [0.15, 0.2) is 30.3 Å². The van der Waals surface area contributed by atoms with Crippen LogP contribution in [0.5, 0.6) is 0 Å². The molecule has 1 aliphatic rings. The van der Waals surface area contributed by atoms with Gasteiger partial charge in [-0.15, -0.1) is 0 Å². The minimum atomic E-state index is -0.559. The van der Waals surface area contributed by atoms with Crippen molar-refractivity contribution in [3.8, 4) is 0 Å². The molecule has 0 unspecified atom stereocenters. The SMILES string of the molecule is C[C@@H]1CCCC[C@@H]1NC(=O)COC(=O)/C=C/c1ccccc1Cl. The molecule has 0 bridgehead atoms. The molecule has 1 aromatic rings. The molecule has 2 atom stereocenters. The molecule has 0 radical (unpaired) electrons. The summed E-state index contributed by atoms with van der Waals surface area (Å²) in [6.07, 6.45) is 7.33. The lowest BCUT2D eigenvalue weighted by atomic mass is 9.86. The van der Waals surface area contributed by atoms with Crippen LogP contribution in [-0.2, 0) is 14.3 Å². The van der Waals surface area contributed by atoms with Crippen molar-refractivity contribution >= 4 is 29.6 Å². The minimum Gasteiger partial charge on any atom is -0.452 e. The average Bonchev–Trinajstić information content (AvgIpc) is 2.54. The molecule has 1 fully saturated rings. The molecular weight excluding hydrogens is 314 g/mol. The molecule has 1 N–H and O–H groups in total. The summed E-state index contributed by atoms with van der Waals surface area (Å²) in [5.74, 6) is -0.330. The normalized spacial score (nSPS) is 21.1. The number of esters is 1. The number of hydrogen-bond donors (Lipinski definition) is 1. The molecule has 1 amide bonds. The zero-order valence-corrected chi connectivity index (χ0v) is 14.0. The van der Waals surface area contributed by atoms with E-state index in [0.29, 0.717) is 10.9 Å². The van der Waals surface area contributed by atoms with Crippen LogP contribution < -0.4 is 5.32 Å². The number of rotatable bonds is 5. The van der Waals surface area contributed by atoms with Gasteiger partial charge in [0.05, 0.1) is 0 Å². The fraction of sp³-hybridized carbons (Fsp3) is 0.444. The van der Waals surface area contributed by atoms with Gasteiger partial charge in [-0.2, -0.15) is 0 Å². The van der Waals surface area contributed by atoms with Crippen molar-refractivity contribution in [2.45, 2.75) is 38.6 Å². The number of benzene rings is 1. The molecular formula is C18H22ClNO3. The monoisotopic (exact) mass is 335 g/mol. The van der Waals surface area contributed by atoms with Crippen molar-refractivity contribution in [2.75, 3.05) is 6.61 Å². The maximum Gasteiger partial charge on any atom is 0.331 e. The quantitative estimate of drug-likeness (QED) is 0.661. The van der Waals surface area contributed by atoms with Crippen LogP contribution in [0, 0.1) is 5.92 Å². The lowest BCUT2D eigenvalue weighted by molar-refractivity contribution is -0.144. The van der Waals surface area contributed by atoms with E-state index in [-0.39, 0.29) is 18.6 Å². The van der Waals surface area contributed by atoms with Crippen molar-refractivity contribution < 1.29 is 14.3 Å². The summed E-state index contributed by atoms with van der Waals surface area (Å²) in [4.78, 5) is 23.5. The number of carbonyl (C=O) groups is 2. The van der Waals surface area contributed by atoms with Crippen molar-refractivity contribution in [2.24, 2.45) is 5.92 Å². The smallest absolute Gasteiger partial charge is 0.331 e. The fourth-order valence-electron chi connectivity index (χ4n) is 2.73. The number of carbonyl (C=O) groups excluding carboxylic acids is 2. The van der Waals surface area contributed by atoms with Crippen molar-refractivity contribution in [3.63, 3.8) is 0 Å². The summed E-state index contributed by atoms with van der Waals surface area (Å²) in [5, 5.41) is 3.50. The van der Waals surface area contributed by atoms with Gasteiger partial charge in [0.25, 0.3) is 5.91 Å². The lowest BCUT2D eigenvalue weighted by Crippen LogP contribution is -2.42. The predicted octanol–water partition coefficient (Wildman–Crippen LogP) is 3.59. The molecule has 0 saturated heterocycles. The summed E-state index contributed by atoms with van der Waals surface area (Å²) < 4.78 is 4.96. The molecule has 0 spiro atoms. The zero-order chi connectivity index (χ0) is 16.7. The Balaban J connectivity index is 1.75. The topological polar surface area (TPSA) is 55.4 Å². The Kier molecular flexibility index (Phi) is 6.66. The van der Waals surface area contributed by atoms with Gasteiger partial charge < -0.3 is 10.1 Å². The first kappa shape index (κ1) is 17.5. The second-order valence-corrected chi connectivity index (χ2v) is 6.31. The molecule has 1 aliphatic carbocycles. The Hall–Kier alpha value is -1.81. The Morgan fingerprint density at radius 3 is 2.78 bits per heavy atom. The second kappa shape index (κ2) is 8.73. The lowest BCUT2D eigenvalue weighted by Gasteiger charge is -2.29. The number of hydrogen-bond acceptors (Lipinski definition) is 3. The number of nitrogens with one attached hydrogen (secondary N) is 1. The third-order valence-electron chi connectivity index (χ3n) is 4.11. The highest BCUT2D eigenvalue weighted by molar-refractivity contribution is 6.32. The van der Waals surface area contributed by atoms with Crippen LogP contribution >= 0.6 is 11.6 Å². The van der Waals surface area contributed by atoms with E-state index < -0.39 is 5.97 Å². The van der Waals surface area contributed by atoms with Crippen LogP contribution in [0.4, 0.5) is 0 Å². The second-order valence-electron chi connectivity index (χ2n) is 5.90. The summed E-state index contributed by atoms with van der Waals surface area (Å²) in [5.41, 5.74) is 0.728. The van der Waals surface area contributed by atoms with Crippen molar-refractivity contribution in [1.82, 2.24) is 5.32 Å². The maximum atomic E-state index is 11.9. The molecule has 5 heteroatoms. The summed E-state index contributed by atoms with van der Waals surface area (Å²) in [6.45, 7) is 1.89. The van der Waals surface area contributed by atoms with Crippen LogP contribution in [0.3, 0.4) is 0 Å². The van der Waals surface area contributed by atoms with Gasteiger partial charge >= 0.3 is 5.97 Å². The zero-order valence-electron chi connectivity index (χ0n) is 13.3. The van der Waals surface area contributed by atoms with Crippen LogP contribution in [0.25, 0.3) is 6.08 Å². The number of ether oxygens (including phenoxy) is 1. The fourth-order valence-corrected chi connectivity index (χ4v) is 2.93. The summed E-state index contributed by atoms with van der Waals surface area (Å²) in [7, 11) is 0. The molecule has 23 heavy (non-hydrogen) atoms.